The summed E-state index contributed by atoms with van der Waals surface area (Å²) in [4.78, 5) is 2.51. The van der Waals surface area contributed by atoms with E-state index in [1.165, 1.54) is 5.56 Å². The minimum atomic E-state index is 0.378. The van der Waals surface area contributed by atoms with Crippen molar-refractivity contribution in [3.05, 3.63) is 35.9 Å². The third kappa shape index (κ3) is 2.39. The summed E-state index contributed by atoms with van der Waals surface area (Å²) in [6.07, 6.45) is 2.31. The zero-order chi connectivity index (χ0) is 10.7. The fraction of sp³-hybridized carbons (Fsp3) is 0.538. The molecule has 0 radical (unpaired) electrons. The number of hydrogen-bond acceptors (Lipinski definition) is 2. The Bertz CT molecular complexity index is 297. The van der Waals surface area contributed by atoms with E-state index in [2.05, 4.69) is 42.2 Å². The third-order valence-corrected chi connectivity index (χ3v) is 3.27. The van der Waals surface area contributed by atoms with Crippen molar-refractivity contribution in [1.82, 2.24) is 4.90 Å². The molecule has 1 heterocycles. The molecule has 15 heavy (non-hydrogen) atoms. The van der Waals surface area contributed by atoms with Gasteiger partial charge in [0.1, 0.15) is 0 Å². The van der Waals surface area contributed by atoms with Gasteiger partial charge in [-0.3, -0.25) is 4.90 Å². The number of hydrogen-bond donors (Lipinski definition) is 1. The molecule has 2 unspecified atom stereocenters. The number of nitrogens with two attached hydrogens (primary N) is 1. The lowest BCUT2D eigenvalue weighted by Gasteiger charge is -2.27. The Morgan fingerprint density at radius 2 is 2.13 bits per heavy atom. The van der Waals surface area contributed by atoms with Gasteiger partial charge < -0.3 is 5.73 Å². The number of likely N-dealkylation sites (tertiary alicyclic amines) is 1. The molecule has 1 aliphatic heterocycles. The highest BCUT2D eigenvalue weighted by atomic mass is 15.2. The van der Waals surface area contributed by atoms with E-state index < -0.39 is 0 Å². The highest BCUT2D eigenvalue weighted by Gasteiger charge is 2.25. The van der Waals surface area contributed by atoms with Crippen LogP contribution < -0.4 is 5.73 Å². The van der Waals surface area contributed by atoms with Crippen LogP contribution in [0.25, 0.3) is 0 Å². The average Bonchev–Trinajstić information content (AvgIpc) is 2.68. The zero-order valence-corrected chi connectivity index (χ0v) is 9.39. The fourth-order valence-corrected chi connectivity index (χ4v) is 2.48. The Morgan fingerprint density at radius 3 is 2.67 bits per heavy atom. The molecule has 1 fully saturated rings. The fourth-order valence-electron chi connectivity index (χ4n) is 2.48. The number of nitrogens with zero attached hydrogens (tertiary/aromatic N) is 1. The van der Waals surface area contributed by atoms with Gasteiger partial charge in [-0.05, 0) is 18.4 Å². The Kier molecular flexibility index (Phi) is 3.39. The first kappa shape index (κ1) is 10.7. The van der Waals surface area contributed by atoms with Gasteiger partial charge in [0.25, 0.3) is 0 Å². The number of benzene rings is 1. The first-order chi connectivity index (χ1) is 7.31. The van der Waals surface area contributed by atoms with Crippen LogP contribution in [0, 0.1) is 0 Å². The van der Waals surface area contributed by atoms with Gasteiger partial charge in [0.15, 0.2) is 0 Å². The van der Waals surface area contributed by atoms with Crippen molar-refractivity contribution in [1.29, 1.82) is 0 Å². The molecule has 1 aromatic rings. The summed E-state index contributed by atoms with van der Waals surface area (Å²) in [6, 6.07) is 11.7. The molecule has 2 heteroatoms. The van der Waals surface area contributed by atoms with Crippen molar-refractivity contribution in [2.75, 3.05) is 13.1 Å². The van der Waals surface area contributed by atoms with E-state index >= 15 is 0 Å². The monoisotopic (exact) mass is 204 g/mol. The minimum absolute atomic E-state index is 0.378. The minimum Gasteiger partial charge on any atom is -0.326 e. The molecule has 2 rings (SSSR count). The van der Waals surface area contributed by atoms with Gasteiger partial charge >= 0.3 is 0 Å². The molecule has 0 spiro atoms. The van der Waals surface area contributed by atoms with E-state index in [0.717, 1.165) is 25.9 Å². The zero-order valence-electron chi connectivity index (χ0n) is 9.39. The average molecular weight is 204 g/mol. The van der Waals surface area contributed by atoms with Gasteiger partial charge in [0.2, 0.25) is 0 Å². The van der Waals surface area contributed by atoms with E-state index in [1.807, 2.05) is 0 Å². The molecule has 82 valence electrons. The van der Waals surface area contributed by atoms with E-state index in [1.54, 1.807) is 0 Å². The van der Waals surface area contributed by atoms with Crippen LogP contribution in [-0.2, 0) is 0 Å². The summed E-state index contributed by atoms with van der Waals surface area (Å²) in [5.74, 6) is 0. The Hall–Kier alpha value is -0.860. The second-order valence-corrected chi connectivity index (χ2v) is 4.38. The van der Waals surface area contributed by atoms with Crippen molar-refractivity contribution in [2.24, 2.45) is 5.73 Å². The van der Waals surface area contributed by atoms with E-state index in [0.29, 0.717) is 12.1 Å². The second kappa shape index (κ2) is 4.77. The van der Waals surface area contributed by atoms with Crippen LogP contribution in [0.5, 0.6) is 0 Å². The van der Waals surface area contributed by atoms with Crippen LogP contribution in [0.15, 0.2) is 30.3 Å². The molecular weight excluding hydrogens is 184 g/mol. The van der Waals surface area contributed by atoms with Gasteiger partial charge in [-0.25, -0.2) is 0 Å². The molecule has 2 atom stereocenters. The van der Waals surface area contributed by atoms with Crippen LogP contribution in [0.4, 0.5) is 0 Å². The molecule has 1 aliphatic rings. The first-order valence-corrected chi connectivity index (χ1v) is 5.86. The summed E-state index contributed by atoms with van der Waals surface area (Å²) in [5.41, 5.74) is 7.38. The summed E-state index contributed by atoms with van der Waals surface area (Å²) in [5, 5.41) is 0. The maximum absolute atomic E-state index is 5.95. The van der Waals surface area contributed by atoms with Gasteiger partial charge in [-0.2, -0.15) is 0 Å². The van der Waals surface area contributed by atoms with E-state index in [4.69, 9.17) is 5.73 Å². The van der Waals surface area contributed by atoms with Crippen molar-refractivity contribution in [3.8, 4) is 0 Å². The number of rotatable bonds is 3. The smallest absolute Gasteiger partial charge is 0.0346 e. The highest BCUT2D eigenvalue weighted by Crippen LogP contribution is 2.27. The third-order valence-electron chi connectivity index (χ3n) is 3.27. The maximum Gasteiger partial charge on any atom is 0.0346 e. The molecule has 1 saturated heterocycles. The quantitative estimate of drug-likeness (QED) is 0.817. The van der Waals surface area contributed by atoms with Crippen molar-refractivity contribution in [3.63, 3.8) is 0 Å². The van der Waals surface area contributed by atoms with Crippen LogP contribution in [0.2, 0.25) is 0 Å². The first-order valence-electron chi connectivity index (χ1n) is 5.86. The molecule has 2 N–H and O–H groups in total. The summed E-state index contributed by atoms with van der Waals surface area (Å²) < 4.78 is 0. The molecule has 0 saturated carbocycles. The summed E-state index contributed by atoms with van der Waals surface area (Å²) in [6.45, 7) is 4.45. The van der Waals surface area contributed by atoms with Crippen LogP contribution >= 0.6 is 0 Å². The van der Waals surface area contributed by atoms with Crippen molar-refractivity contribution >= 4 is 0 Å². The molecule has 1 aromatic carbocycles. The van der Waals surface area contributed by atoms with Crippen LogP contribution in [0.3, 0.4) is 0 Å². The predicted molar refractivity (Wildman–Crippen MR) is 63.6 cm³/mol. The topological polar surface area (TPSA) is 29.3 Å². The lowest BCUT2D eigenvalue weighted by atomic mass is 10.0. The second-order valence-electron chi connectivity index (χ2n) is 4.38. The lowest BCUT2D eigenvalue weighted by molar-refractivity contribution is 0.236. The maximum atomic E-state index is 5.95. The van der Waals surface area contributed by atoms with Crippen LogP contribution in [-0.4, -0.2) is 24.0 Å². The molecule has 2 nitrogen and oxygen atoms in total. The lowest BCUT2D eigenvalue weighted by Crippen LogP contribution is -2.29. The molecule has 0 aliphatic carbocycles. The highest BCUT2D eigenvalue weighted by molar-refractivity contribution is 5.19. The standard InChI is InChI=1S/C13H20N2/c1-2-13(11-6-4-3-5-7-11)15-9-8-12(14)10-15/h3-7,12-13H,2,8-10,14H2,1H3. The van der Waals surface area contributed by atoms with Gasteiger partial charge in [-0.1, -0.05) is 37.3 Å². The SMILES string of the molecule is CCC(c1ccccc1)N1CCC(N)C1. The summed E-state index contributed by atoms with van der Waals surface area (Å²) >= 11 is 0. The molecule has 0 amide bonds. The van der Waals surface area contributed by atoms with Gasteiger partial charge in [0, 0.05) is 25.2 Å². The van der Waals surface area contributed by atoms with Gasteiger partial charge in [0.05, 0.1) is 0 Å². The van der Waals surface area contributed by atoms with Crippen molar-refractivity contribution in [2.45, 2.75) is 31.8 Å². The molecular formula is C13H20N2. The Labute approximate surface area is 92.1 Å². The van der Waals surface area contributed by atoms with Gasteiger partial charge in [-0.15, -0.1) is 0 Å². The summed E-state index contributed by atoms with van der Waals surface area (Å²) in [7, 11) is 0. The van der Waals surface area contributed by atoms with E-state index in [9.17, 15) is 0 Å². The van der Waals surface area contributed by atoms with Crippen molar-refractivity contribution < 1.29 is 0 Å². The Balaban J connectivity index is 2.11. The van der Waals surface area contributed by atoms with E-state index in [-0.39, 0.29) is 0 Å². The van der Waals surface area contributed by atoms with Crippen LogP contribution in [0.1, 0.15) is 31.4 Å². The Morgan fingerprint density at radius 1 is 1.40 bits per heavy atom. The molecule has 0 aromatic heterocycles. The predicted octanol–water partition coefficient (Wildman–Crippen LogP) is 2.17. The largest absolute Gasteiger partial charge is 0.326 e. The molecule has 0 bridgehead atoms. The normalized spacial score (nSPS) is 24.3.